The molecule has 2 N–H and O–H groups in total. The molecule has 0 aliphatic rings. The first-order chi connectivity index (χ1) is 8.07. The zero-order valence-corrected chi connectivity index (χ0v) is 10.7. The topological polar surface area (TPSA) is 78.0 Å². The number of rotatable bonds is 4. The van der Waals surface area contributed by atoms with Crippen molar-refractivity contribution in [2.45, 2.75) is 36.5 Å². The van der Waals surface area contributed by atoms with Gasteiger partial charge in [0.2, 0.25) is 0 Å². The molecule has 9 heteroatoms. The lowest BCUT2D eigenvalue weighted by atomic mass is 10.1. The van der Waals surface area contributed by atoms with E-state index in [2.05, 4.69) is 5.10 Å². The Kier molecular flexibility index (Phi) is 4.06. The third-order valence-electron chi connectivity index (χ3n) is 2.50. The van der Waals surface area contributed by atoms with Crippen LogP contribution >= 0.6 is 0 Å². The van der Waals surface area contributed by atoms with Gasteiger partial charge in [-0.15, -0.1) is 0 Å². The van der Waals surface area contributed by atoms with Crippen LogP contribution in [0.25, 0.3) is 0 Å². The Morgan fingerprint density at radius 1 is 1.50 bits per heavy atom. The van der Waals surface area contributed by atoms with Crippen LogP contribution in [0.3, 0.4) is 0 Å². The summed E-state index contributed by atoms with van der Waals surface area (Å²) in [6, 6.07) is -3.21. The summed E-state index contributed by atoms with van der Waals surface area (Å²) in [6.45, 7) is 1.52. The van der Waals surface area contributed by atoms with Gasteiger partial charge in [0.25, 0.3) is 0 Å². The van der Waals surface area contributed by atoms with Gasteiger partial charge in [0, 0.05) is 18.5 Å². The van der Waals surface area contributed by atoms with Crippen molar-refractivity contribution in [3.63, 3.8) is 0 Å². The average Bonchev–Trinajstić information content (AvgIpc) is 2.63. The van der Waals surface area contributed by atoms with E-state index in [-0.39, 0.29) is 11.3 Å². The third-order valence-corrected chi connectivity index (χ3v) is 3.57. The lowest BCUT2D eigenvalue weighted by molar-refractivity contribution is -0.175. The number of alkyl halides is 3. The first-order valence-electron chi connectivity index (χ1n) is 5.14. The van der Waals surface area contributed by atoms with Gasteiger partial charge in [-0.3, -0.25) is 4.68 Å². The molecule has 0 saturated heterocycles. The van der Waals surface area contributed by atoms with Crippen LogP contribution in [-0.4, -0.2) is 36.7 Å². The van der Waals surface area contributed by atoms with Crippen molar-refractivity contribution in [2.24, 2.45) is 5.73 Å². The number of hydrogen-bond donors (Lipinski definition) is 1. The monoisotopic (exact) mass is 285 g/mol. The first-order valence-corrected chi connectivity index (χ1v) is 7.03. The van der Waals surface area contributed by atoms with E-state index >= 15 is 0 Å². The van der Waals surface area contributed by atoms with E-state index in [0.717, 1.165) is 18.6 Å². The fourth-order valence-electron chi connectivity index (χ4n) is 1.48. The average molecular weight is 285 g/mol. The SMILES string of the molecule is CCC(N)C(n1cc(S(C)(=O)=O)cn1)C(F)(F)F. The number of sulfone groups is 1. The molecule has 1 aromatic rings. The molecular formula is C9H14F3N3O2S. The minimum absolute atomic E-state index is 0.0955. The molecule has 1 rings (SSSR count). The first kappa shape index (κ1) is 15.0. The lowest BCUT2D eigenvalue weighted by Gasteiger charge is -2.25. The number of halogens is 3. The Balaban J connectivity index is 3.20. The van der Waals surface area contributed by atoms with Gasteiger partial charge in [-0.25, -0.2) is 8.42 Å². The highest BCUT2D eigenvalue weighted by molar-refractivity contribution is 7.90. The van der Waals surface area contributed by atoms with Gasteiger partial charge in [-0.2, -0.15) is 18.3 Å². The van der Waals surface area contributed by atoms with Gasteiger partial charge in [0.15, 0.2) is 15.9 Å². The van der Waals surface area contributed by atoms with Gasteiger partial charge in [-0.05, 0) is 6.42 Å². The van der Waals surface area contributed by atoms with Crippen LogP contribution < -0.4 is 5.73 Å². The Labute approximate surface area is 103 Å². The molecule has 0 radical (unpaired) electrons. The second-order valence-corrected chi connectivity index (χ2v) is 6.00. The standard InChI is InChI=1S/C9H14F3N3O2S/c1-3-7(13)8(9(10,11)12)15-5-6(4-14-15)18(2,16)17/h4-5,7-8H,3,13H2,1-2H3. The fraction of sp³-hybridized carbons (Fsp3) is 0.667. The maximum absolute atomic E-state index is 12.9. The van der Waals surface area contributed by atoms with Gasteiger partial charge in [-0.1, -0.05) is 6.92 Å². The molecule has 0 aromatic carbocycles. The Morgan fingerprint density at radius 3 is 2.39 bits per heavy atom. The molecular weight excluding hydrogens is 271 g/mol. The molecule has 0 aliphatic carbocycles. The molecule has 2 atom stereocenters. The van der Waals surface area contributed by atoms with E-state index in [0.29, 0.717) is 4.68 Å². The molecule has 104 valence electrons. The van der Waals surface area contributed by atoms with Gasteiger partial charge < -0.3 is 5.73 Å². The van der Waals surface area contributed by atoms with E-state index in [9.17, 15) is 21.6 Å². The minimum atomic E-state index is -4.59. The Hall–Kier alpha value is -1.09. The van der Waals surface area contributed by atoms with Gasteiger partial charge >= 0.3 is 6.18 Å². The van der Waals surface area contributed by atoms with Crippen molar-refractivity contribution in [1.29, 1.82) is 0 Å². The third kappa shape index (κ3) is 3.22. The van der Waals surface area contributed by atoms with Crippen molar-refractivity contribution in [3.05, 3.63) is 12.4 Å². The molecule has 0 saturated carbocycles. The molecule has 1 aromatic heterocycles. The van der Waals surface area contributed by atoms with Crippen molar-refractivity contribution in [2.75, 3.05) is 6.26 Å². The number of nitrogens with zero attached hydrogens (tertiary/aromatic N) is 2. The smallest absolute Gasteiger partial charge is 0.326 e. The second-order valence-electron chi connectivity index (χ2n) is 3.99. The molecule has 0 bridgehead atoms. The summed E-state index contributed by atoms with van der Waals surface area (Å²) in [5.74, 6) is 0. The highest BCUT2D eigenvalue weighted by Crippen LogP contribution is 2.33. The predicted molar refractivity (Wildman–Crippen MR) is 58.7 cm³/mol. The zero-order valence-electron chi connectivity index (χ0n) is 9.85. The predicted octanol–water partition coefficient (Wildman–Crippen LogP) is 1.13. The summed E-state index contributed by atoms with van der Waals surface area (Å²) in [5, 5.41) is 3.46. The summed E-state index contributed by atoms with van der Waals surface area (Å²) in [7, 11) is -3.58. The van der Waals surface area contributed by atoms with E-state index in [4.69, 9.17) is 5.73 Å². The van der Waals surface area contributed by atoms with Crippen LogP contribution in [0.4, 0.5) is 13.2 Å². The van der Waals surface area contributed by atoms with Crippen molar-refractivity contribution in [3.8, 4) is 0 Å². The molecule has 5 nitrogen and oxygen atoms in total. The number of aromatic nitrogens is 2. The second kappa shape index (κ2) is 4.88. The summed E-state index contributed by atoms with van der Waals surface area (Å²) >= 11 is 0. The number of hydrogen-bond acceptors (Lipinski definition) is 4. The van der Waals surface area contributed by atoms with Crippen molar-refractivity contribution >= 4 is 9.84 Å². The molecule has 0 amide bonds. The van der Waals surface area contributed by atoms with E-state index in [1.807, 2.05) is 0 Å². The van der Waals surface area contributed by atoms with Crippen LogP contribution in [0.15, 0.2) is 17.3 Å². The number of nitrogens with two attached hydrogens (primary N) is 1. The van der Waals surface area contributed by atoms with Crippen LogP contribution in [0.5, 0.6) is 0 Å². The molecule has 18 heavy (non-hydrogen) atoms. The quantitative estimate of drug-likeness (QED) is 0.899. The summed E-state index contributed by atoms with van der Waals surface area (Å²) in [5.41, 5.74) is 5.42. The normalized spacial score (nSPS) is 16.6. The maximum atomic E-state index is 12.9. The lowest BCUT2D eigenvalue weighted by Crippen LogP contribution is -2.41. The van der Waals surface area contributed by atoms with Crippen LogP contribution in [0.1, 0.15) is 19.4 Å². The van der Waals surface area contributed by atoms with E-state index in [1.165, 1.54) is 6.92 Å². The van der Waals surface area contributed by atoms with Crippen LogP contribution in [0.2, 0.25) is 0 Å². The van der Waals surface area contributed by atoms with E-state index in [1.54, 1.807) is 0 Å². The summed E-state index contributed by atoms with van der Waals surface area (Å²) < 4.78 is 61.5. The molecule has 0 aliphatic heterocycles. The largest absolute Gasteiger partial charge is 0.412 e. The van der Waals surface area contributed by atoms with Crippen molar-refractivity contribution in [1.82, 2.24) is 9.78 Å². The van der Waals surface area contributed by atoms with Gasteiger partial charge in [0.05, 0.1) is 6.20 Å². The summed E-state index contributed by atoms with van der Waals surface area (Å²) in [6.07, 6.45) is -1.86. The molecule has 0 spiro atoms. The highest BCUT2D eigenvalue weighted by atomic mass is 32.2. The highest BCUT2D eigenvalue weighted by Gasteiger charge is 2.45. The van der Waals surface area contributed by atoms with Crippen LogP contribution in [0, 0.1) is 0 Å². The summed E-state index contributed by atoms with van der Waals surface area (Å²) in [4.78, 5) is -0.264. The molecule has 1 heterocycles. The van der Waals surface area contributed by atoms with E-state index < -0.39 is 28.1 Å². The Morgan fingerprint density at radius 2 is 2.06 bits per heavy atom. The fourth-order valence-corrected chi connectivity index (χ4v) is 2.01. The zero-order chi connectivity index (χ0) is 14.1. The molecule has 2 unspecified atom stereocenters. The van der Waals surface area contributed by atoms with Crippen LogP contribution in [-0.2, 0) is 9.84 Å². The molecule has 0 fully saturated rings. The van der Waals surface area contributed by atoms with Crippen molar-refractivity contribution < 1.29 is 21.6 Å². The maximum Gasteiger partial charge on any atom is 0.412 e. The Bertz CT molecular complexity index is 509. The van der Waals surface area contributed by atoms with Gasteiger partial charge in [0.1, 0.15) is 4.90 Å². The minimum Gasteiger partial charge on any atom is -0.326 e.